The highest BCUT2D eigenvalue weighted by atomic mass is 35.5. The van der Waals surface area contributed by atoms with Crippen molar-refractivity contribution in [1.82, 2.24) is 4.72 Å². The van der Waals surface area contributed by atoms with E-state index in [0.29, 0.717) is 35.2 Å². The molecule has 4 aromatic rings. The second kappa shape index (κ2) is 14.5. The van der Waals surface area contributed by atoms with Crippen LogP contribution in [0.1, 0.15) is 13.3 Å². The number of nitrogens with zero attached hydrogens (tertiary/aromatic N) is 2. The molecule has 224 valence electrons. The first-order chi connectivity index (χ1) is 20.7. The van der Waals surface area contributed by atoms with Crippen LogP contribution in [0, 0.1) is 10.1 Å². The van der Waals surface area contributed by atoms with Gasteiger partial charge in [0.05, 0.1) is 16.4 Å². The molecule has 13 heteroatoms. The zero-order chi connectivity index (χ0) is 30.8. The van der Waals surface area contributed by atoms with Crippen LogP contribution < -0.4 is 24.4 Å². The van der Waals surface area contributed by atoms with Gasteiger partial charge in [0.1, 0.15) is 22.3 Å². The molecule has 2 N–H and O–H groups in total. The quantitative estimate of drug-likeness (QED) is 0.0942. The van der Waals surface area contributed by atoms with E-state index >= 15 is 0 Å². The van der Waals surface area contributed by atoms with Crippen molar-refractivity contribution < 1.29 is 27.6 Å². The molecular weight excluding hydrogens is 596 g/mol. The van der Waals surface area contributed by atoms with E-state index in [1.165, 1.54) is 11.0 Å². The zero-order valence-electron chi connectivity index (χ0n) is 23.1. The summed E-state index contributed by atoms with van der Waals surface area (Å²) in [6, 6.07) is 25.9. The van der Waals surface area contributed by atoms with Crippen LogP contribution in [0.4, 0.5) is 21.9 Å². The molecule has 0 spiro atoms. The third kappa shape index (κ3) is 8.67. The number of benzene rings is 4. The molecule has 0 unspecified atom stereocenters. The van der Waals surface area contributed by atoms with Gasteiger partial charge in [0.25, 0.3) is 5.69 Å². The van der Waals surface area contributed by atoms with E-state index in [1.807, 2.05) is 37.3 Å². The number of hydrogen-bond donors (Lipinski definition) is 2. The molecule has 0 aliphatic rings. The Morgan fingerprint density at radius 1 is 0.930 bits per heavy atom. The number of para-hydroxylation sites is 1. The number of carbonyl (C=O) groups is 1. The van der Waals surface area contributed by atoms with Crippen molar-refractivity contribution in [3.63, 3.8) is 0 Å². The van der Waals surface area contributed by atoms with Gasteiger partial charge in [0, 0.05) is 30.5 Å². The van der Waals surface area contributed by atoms with E-state index in [0.717, 1.165) is 12.1 Å². The lowest BCUT2D eigenvalue weighted by Crippen LogP contribution is -2.37. The summed E-state index contributed by atoms with van der Waals surface area (Å²) in [6.07, 6.45) is 0.230. The molecule has 2 amide bonds. The van der Waals surface area contributed by atoms with Crippen LogP contribution in [0.2, 0.25) is 5.02 Å². The molecule has 0 atom stereocenters. The summed E-state index contributed by atoms with van der Waals surface area (Å²) in [7, 11) is -4.07. The van der Waals surface area contributed by atoms with Gasteiger partial charge in [-0.1, -0.05) is 29.8 Å². The van der Waals surface area contributed by atoms with E-state index in [1.54, 1.807) is 48.5 Å². The first kappa shape index (κ1) is 31.3. The van der Waals surface area contributed by atoms with Crippen molar-refractivity contribution in [3.8, 4) is 17.2 Å². The second-order valence-electron chi connectivity index (χ2n) is 9.07. The minimum atomic E-state index is -4.07. The molecule has 43 heavy (non-hydrogen) atoms. The number of amides is 2. The molecule has 0 aromatic heterocycles. The van der Waals surface area contributed by atoms with Crippen LogP contribution in [-0.2, 0) is 10.0 Å². The van der Waals surface area contributed by atoms with Gasteiger partial charge in [-0.15, -0.1) is 0 Å². The SMILES string of the molecule is CCOc1ccc(NC(=O)N(CCCNS(=O)(=O)c2ccc(Cl)c([N+](=O)[O-])c2)c2ccc(Oc3ccccc3)cc2)cc1. The minimum absolute atomic E-state index is 0.0409. The highest BCUT2D eigenvalue weighted by Gasteiger charge is 2.21. The normalized spacial score (nSPS) is 11.0. The summed E-state index contributed by atoms with van der Waals surface area (Å²) in [6.45, 7) is 2.50. The number of anilines is 2. The molecule has 0 bridgehead atoms. The number of nitrogens with one attached hydrogen (secondary N) is 2. The molecule has 0 radical (unpaired) electrons. The van der Waals surface area contributed by atoms with Crippen molar-refractivity contribution in [2.45, 2.75) is 18.2 Å². The number of carbonyl (C=O) groups excluding carboxylic acids is 1. The predicted molar refractivity (Wildman–Crippen MR) is 165 cm³/mol. The number of urea groups is 1. The van der Waals surface area contributed by atoms with Crippen molar-refractivity contribution >= 4 is 44.7 Å². The highest BCUT2D eigenvalue weighted by Crippen LogP contribution is 2.28. The molecule has 4 rings (SSSR count). The van der Waals surface area contributed by atoms with E-state index in [2.05, 4.69) is 10.0 Å². The first-order valence-electron chi connectivity index (χ1n) is 13.2. The average Bonchev–Trinajstić information content (AvgIpc) is 2.99. The van der Waals surface area contributed by atoms with E-state index in [-0.39, 0.29) is 29.4 Å². The summed E-state index contributed by atoms with van der Waals surface area (Å²) < 4.78 is 39.3. The Morgan fingerprint density at radius 3 is 2.23 bits per heavy atom. The van der Waals surface area contributed by atoms with Gasteiger partial charge in [0.2, 0.25) is 10.0 Å². The lowest BCUT2D eigenvalue weighted by atomic mass is 10.2. The number of ether oxygens (including phenoxy) is 2. The van der Waals surface area contributed by atoms with Crippen LogP contribution in [0.3, 0.4) is 0 Å². The number of nitro groups is 1. The van der Waals surface area contributed by atoms with E-state index < -0.39 is 26.7 Å². The fraction of sp³-hybridized carbons (Fsp3) is 0.167. The molecule has 4 aromatic carbocycles. The largest absolute Gasteiger partial charge is 0.494 e. The molecule has 11 nitrogen and oxygen atoms in total. The van der Waals surface area contributed by atoms with Gasteiger partial charge in [-0.05, 0) is 86.1 Å². The number of halogens is 1. The van der Waals surface area contributed by atoms with E-state index in [4.69, 9.17) is 21.1 Å². The Labute approximate surface area is 254 Å². The fourth-order valence-electron chi connectivity index (χ4n) is 3.99. The van der Waals surface area contributed by atoms with Gasteiger partial charge in [-0.25, -0.2) is 17.9 Å². The standard InChI is InChI=1S/C30H29ClN4O7S/c1-2-41-24-13-9-22(10-14-24)33-30(36)34(23-11-15-26(16-12-23)42-25-7-4-3-5-8-25)20-6-19-32-43(39,40)27-17-18-28(31)29(21-27)35(37)38/h3-5,7-18,21,32H,2,6,19-20H2,1H3,(H,33,36). The maximum atomic E-state index is 13.4. The number of rotatable bonds is 13. The van der Waals surface area contributed by atoms with Gasteiger partial charge in [-0.3, -0.25) is 15.0 Å². The lowest BCUT2D eigenvalue weighted by molar-refractivity contribution is -0.384. The average molecular weight is 625 g/mol. The Morgan fingerprint density at radius 2 is 1.58 bits per heavy atom. The summed E-state index contributed by atoms with van der Waals surface area (Å²) in [4.78, 5) is 25.0. The van der Waals surface area contributed by atoms with Crippen molar-refractivity contribution in [2.24, 2.45) is 0 Å². The third-order valence-corrected chi connectivity index (χ3v) is 7.84. The van der Waals surface area contributed by atoms with Crippen molar-refractivity contribution in [2.75, 3.05) is 29.9 Å². The summed E-state index contributed by atoms with van der Waals surface area (Å²) in [5.41, 5.74) is 0.592. The second-order valence-corrected chi connectivity index (χ2v) is 11.2. The van der Waals surface area contributed by atoms with Crippen LogP contribution in [-0.4, -0.2) is 39.1 Å². The molecule has 0 heterocycles. The Bertz CT molecular complexity index is 1650. The van der Waals surface area contributed by atoms with Gasteiger partial charge >= 0.3 is 6.03 Å². The van der Waals surface area contributed by atoms with Crippen LogP contribution >= 0.6 is 11.6 Å². The van der Waals surface area contributed by atoms with Gasteiger partial charge in [-0.2, -0.15) is 0 Å². The molecule has 0 aliphatic heterocycles. The van der Waals surface area contributed by atoms with Gasteiger partial charge in [0.15, 0.2) is 0 Å². The Hall–Kier alpha value is -4.65. The maximum Gasteiger partial charge on any atom is 0.326 e. The fourth-order valence-corrected chi connectivity index (χ4v) is 5.27. The summed E-state index contributed by atoms with van der Waals surface area (Å²) >= 11 is 5.81. The number of nitro benzene ring substituents is 1. The van der Waals surface area contributed by atoms with Crippen molar-refractivity contribution in [3.05, 3.63) is 112 Å². The predicted octanol–water partition coefficient (Wildman–Crippen LogP) is 6.85. The molecule has 0 saturated carbocycles. The smallest absolute Gasteiger partial charge is 0.326 e. The Kier molecular flexibility index (Phi) is 10.5. The third-order valence-electron chi connectivity index (χ3n) is 6.06. The van der Waals surface area contributed by atoms with Crippen molar-refractivity contribution in [1.29, 1.82) is 0 Å². The lowest BCUT2D eigenvalue weighted by Gasteiger charge is -2.24. The summed E-state index contributed by atoms with van der Waals surface area (Å²) in [5, 5.41) is 13.9. The summed E-state index contributed by atoms with van der Waals surface area (Å²) in [5.74, 6) is 1.91. The maximum absolute atomic E-state index is 13.4. The van der Waals surface area contributed by atoms with E-state index in [9.17, 15) is 23.3 Å². The monoisotopic (exact) mass is 624 g/mol. The molecule has 0 saturated heterocycles. The minimum Gasteiger partial charge on any atom is -0.494 e. The van der Waals surface area contributed by atoms with Gasteiger partial charge < -0.3 is 14.8 Å². The van der Waals surface area contributed by atoms with Crippen LogP contribution in [0.25, 0.3) is 0 Å². The highest BCUT2D eigenvalue weighted by molar-refractivity contribution is 7.89. The molecule has 0 fully saturated rings. The first-order valence-corrected chi connectivity index (χ1v) is 15.1. The number of hydrogen-bond acceptors (Lipinski definition) is 7. The number of sulfonamides is 1. The van der Waals surface area contributed by atoms with Crippen LogP contribution in [0.15, 0.2) is 102 Å². The Balaban J connectivity index is 1.46. The molecular formula is C30H29ClN4O7S. The van der Waals surface area contributed by atoms with Crippen LogP contribution in [0.5, 0.6) is 17.2 Å². The zero-order valence-corrected chi connectivity index (χ0v) is 24.7. The topological polar surface area (TPSA) is 140 Å². The molecule has 0 aliphatic carbocycles.